The summed E-state index contributed by atoms with van der Waals surface area (Å²) in [5.41, 5.74) is 2.24. The maximum Gasteiger partial charge on any atom is 0.498 e. The van der Waals surface area contributed by atoms with E-state index in [0.29, 0.717) is 6.61 Å². The number of hydrogen-bond donors (Lipinski definition) is 1. The van der Waals surface area contributed by atoms with Crippen molar-refractivity contribution in [1.29, 1.82) is 0 Å². The van der Waals surface area contributed by atoms with E-state index >= 15 is 0 Å². The predicted octanol–water partition coefficient (Wildman–Crippen LogP) is 0.470. The quantitative estimate of drug-likeness (QED) is 0.754. The smallest absolute Gasteiger partial charge is 0.489 e. The molecule has 0 aliphatic carbocycles. The fourth-order valence-electron chi connectivity index (χ4n) is 2.43. The van der Waals surface area contributed by atoms with Crippen LogP contribution < -0.4 is 15.5 Å². The van der Waals surface area contributed by atoms with Crippen molar-refractivity contribution in [1.82, 2.24) is 5.32 Å². The van der Waals surface area contributed by atoms with Gasteiger partial charge in [0.1, 0.15) is 11.9 Å². The highest BCUT2D eigenvalue weighted by Gasteiger charge is 2.41. The molecule has 2 atom stereocenters. The highest BCUT2D eigenvalue weighted by atomic mass is 16.6. The molecule has 3 rings (SSSR count). The Morgan fingerprint density at radius 1 is 1.47 bits per heavy atom. The van der Waals surface area contributed by atoms with Gasteiger partial charge in [-0.15, -0.1) is 0 Å². The summed E-state index contributed by atoms with van der Waals surface area (Å²) in [4.78, 5) is 0. The zero-order chi connectivity index (χ0) is 11.8. The van der Waals surface area contributed by atoms with Crippen molar-refractivity contribution in [3.8, 4) is 5.75 Å². The van der Waals surface area contributed by atoms with Crippen molar-refractivity contribution in [2.75, 3.05) is 20.2 Å². The summed E-state index contributed by atoms with van der Waals surface area (Å²) >= 11 is 0. The molecule has 0 amide bonds. The number of benzene rings is 1. The van der Waals surface area contributed by atoms with E-state index in [1.165, 1.54) is 5.56 Å². The molecule has 0 saturated heterocycles. The molecule has 1 aromatic carbocycles. The Morgan fingerprint density at radius 2 is 2.35 bits per heavy atom. The Balaban J connectivity index is 2.02. The molecule has 4 nitrogen and oxygen atoms in total. The molecule has 0 bridgehead atoms. The van der Waals surface area contributed by atoms with Crippen LogP contribution in [-0.4, -0.2) is 33.4 Å². The van der Waals surface area contributed by atoms with Gasteiger partial charge in [0.2, 0.25) is 0 Å². The standard InChI is InChI=1S/C12H16BNO3/c1-8-7-15-13-12-9(11(17-13)6-14-2)4-3-5-10(12)16-8/h3-5,8,11,14H,6-7H2,1-2H3. The summed E-state index contributed by atoms with van der Waals surface area (Å²) in [6.45, 7) is 3.35. The van der Waals surface area contributed by atoms with Gasteiger partial charge in [-0.1, -0.05) is 12.1 Å². The van der Waals surface area contributed by atoms with Crippen LogP contribution >= 0.6 is 0 Å². The van der Waals surface area contributed by atoms with Crippen LogP contribution in [0, 0.1) is 0 Å². The van der Waals surface area contributed by atoms with E-state index < -0.39 is 0 Å². The fraction of sp³-hybridized carbons (Fsp3) is 0.500. The molecular weight excluding hydrogens is 217 g/mol. The number of nitrogens with one attached hydrogen (secondary N) is 1. The summed E-state index contributed by atoms with van der Waals surface area (Å²) in [6, 6.07) is 6.09. The molecule has 0 fully saturated rings. The van der Waals surface area contributed by atoms with Gasteiger partial charge >= 0.3 is 7.12 Å². The largest absolute Gasteiger partial charge is 0.498 e. The Kier molecular flexibility index (Phi) is 2.82. The van der Waals surface area contributed by atoms with Gasteiger partial charge in [0.15, 0.2) is 0 Å². The van der Waals surface area contributed by atoms with Crippen molar-refractivity contribution in [3.63, 3.8) is 0 Å². The molecule has 0 spiro atoms. The van der Waals surface area contributed by atoms with Crippen LogP contribution in [0.2, 0.25) is 0 Å². The first-order valence-corrected chi connectivity index (χ1v) is 6.00. The summed E-state index contributed by atoms with van der Waals surface area (Å²) in [5.74, 6) is 0.899. The maximum atomic E-state index is 5.92. The van der Waals surface area contributed by atoms with Crippen molar-refractivity contribution in [2.45, 2.75) is 19.1 Å². The van der Waals surface area contributed by atoms with Crippen LogP contribution in [0.5, 0.6) is 5.75 Å². The van der Waals surface area contributed by atoms with E-state index in [4.69, 9.17) is 14.0 Å². The molecule has 2 unspecified atom stereocenters. The SMILES string of the molecule is CNCC1OB2OCC(C)Oc3cccc1c32. The second-order valence-electron chi connectivity index (χ2n) is 4.54. The van der Waals surface area contributed by atoms with E-state index in [1.807, 2.05) is 26.1 Å². The molecule has 0 radical (unpaired) electrons. The van der Waals surface area contributed by atoms with Crippen molar-refractivity contribution >= 4 is 12.6 Å². The highest BCUT2D eigenvalue weighted by molar-refractivity contribution is 6.64. The lowest BCUT2D eigenvalue weighted by Crippen LogP contribution is -2.32. The Morgan fingerprint density at radius 3 is 3.18 bits per heavy atom. The van der Waals surface area contributed by atoms with E-state index in [9.17, 15) is 0 Å². The first-order chi connectivity index (χ1) is 8.29. The first-order valence-electron chi connectivity index (χ1n) is 6.00. The molecule has 0 aromatic heterocycles. The third-order valence-electron chi connectivity index (χ3n) is 3.17. The summed E-state index contributed by atoms with van der Waals surface area (Å²) < 4.78 is 17.5. The van der Waals surface area contributed by atoms with E-state index in [2.05, 4.69) is 11.4 Å². The molecule has 5 heteroatoms. The average molecular weight is 233 g/mol. The molecule has 1 aromatic rings. The zero-order valence-corrected chi connectivity index (χ0v) is 10.1. The number of ether oxygens (including phenoxy) is 1. The fourth-order valence-corrected chi connectivity index (χ4v) is 2.43. The molecule has 2 heterocycles. The maximum absolute atomic E-state index is 5.92. The van der Waals surface area contributed by atoms with Crippen LogP contribution in [0.3, 0.4) is 0 Å². The van der Waals surface area contributed by atoms with Gasteiger partial charge < -0.3 is 19.4 Å². The van der Waals surface area contributed by atoms with Gasteiger partial charge in [0, 0.05) is 12.0 Å². The third-order valence-corrected chi connectivity index (χ3v) is 3.17. The van der Waals surface area contributed by atoms with Gasteiger partial charge in [0.05, 0.1) is 12.7 Å². The zero-order valence-electron chi connectivity index (χ0n) is 10.1. The normalized spacial score (nSPS) is 26.4. The molecule has 90 valence electrons. The Hall–Kier alpha value is -1.04. The van der Waals surface area contributed by atoms with Crippen LogP contribution in [0.25, 0.3) is 0 Å². The van der Waals surface area contributed by atoms with E-state index in [1.54, 1.807) is 0 Å². The summed E-state index contributed by atoms with van der Waals surface area (Å²) in [7, 11) is 1.65. The van der Waals surface area contributed by atoms with E-state index in [0.717, 1.165) is 17.8 Å². The Labute approximate surface area is 101 Å². The topological polar surface area (TPSA) is 39.7 Å². The minimum atomic E-state index is -0.274. The number of likely N-dealkylation sites (N-methyl/N-ethyl adjacent to an activating group) is 1. The van der Waals surface area contributed by atoms with Crippen LogP contribution in [0.4, 0.5) is 0 Å². The van der Waals surface area contributed by atoms with Gasteiger partial charge in [-0.25, -0.2) is 0 Å². The van der Waals surface area contributed by atoms with Crippen molar-refractivity contribution < 1.29 is 14.0 Å². The van der Waals surface area contributed by atoms with Gasteiger partial charge in [-0.3, -0.25) is 0 Å². The lowest BCUT2D eigenvalue weighted by atomic mass is 9.78. The second-order valence-corrected chi connectivity index (χ2v) is 4.54. The van der Waals surface area contributed by atoms with Crippen LogP contribution in [-0.2, 0) is 9.31 Å². The van der Waals surface area contributed by atoms with Crippen molar-refractivity contribution in [2.24, 2.45) is 0 Å². The summed E-state index contributed by atoms with van der Waals surface area (Å²) in [5, 5.41) is 3.14. The highest BCUT2D eigenvalue weighted by Crippen LogP contribution is 2.30. The Bertz CT molecular complexity index is 426. The predicted molar refractivity (Wildman–Crippen MR) is 65.6 cm³/mol. The summed E-state index contributed by atoms with van der Waals surface area (Å²) in [6.07, 6.45) is 0.121. The van der Waals surface area contributed by atoms with Crippen LogP contribution in [0.1, 0.15) is 18.6 Å². The van der Waals surface area contributed by atoms with Gasteiger partial charge in [0.25, 0.3) is 0 Å². The lowest BCUT2D eigenvalue weighted by Gasteiger charge is -2.16. The van der Waals surface area contributed by atoms with Crippen LogP contribution in [0.15, 0.2) is 18.2 Å². The molecule has 17 heavy (non-hydrogen) atoms. The first kappa shape index (κ1) is 11.1. The third kappa shape index (κ3) is 1.84. The second kappa shape index (κ2) is 4.33. The lowest BCUT2D eigenvalue weighted by molar-refractivity contribution is 0.111. The molecule has 2 aliphatic heterocycles. The monoisotopic (exact) mass is 233 g/mol. The molecule has 0 saturated carbocycles. The number of hydrogen-bond acceptors (Lipinski definition) is 4. The van der Waals surface area contributed by atoms with E-state index in [-0.39, 0.29) is 19.3 Å². The minimum Gasteiger partial charge on any atom is -0.489 e. The molecular formula is C12H16BNO3. The van der Waals surface area contributed by atoms with Gasteiger partial charge in [-0.2, -0.15) is 0 Å². The number of rotatable bonds is 2. The van der Waals surface area contributed by atoms with Crippen molar-refractivity contribution in [3.05, 3.63) is 23.8 Å². The molecule has 2 aliphatic rings. The van der Waals surface area contributed by atoms with Gasteiger partial charge in [-0.05, 0) is 25.6 Å². The average Bonchev–Trinajstić information content (AvgIpc) is 2.58. The minimum absolute atomic E-state index is 0.0527. The molecule has 1 N–H and O–H groups in total.